The van der Waals surface area contributed by atoms with Crippen molar-refractivity contribution in [1.29, 1.82) is 0 Å². The smallest absolute Gasteiger partial charge is 0.418 e. The van der Waals surface area contributed by atoms with Gasteiger partial charge in [-0.25, -0.2) is 0 Å². The number of hydrogen-bond donors (Lipinski definition) is 0. The van der Waals surface area contributed by atoms with Crippen LogP contribution in [0.25, 0.3) is 0 Å². The van der Waals surface area contributed by atoms with Gasteiger partial charge in [0.25, 0.3) is 0 Å². The van der Waals surface area contributed by atoms with E-state index >= 15 is 0 Å². The first-order valence-corrected chi connectivity index (χ1v) is 6.18. The van der Waals surface area contributed by atoms with Gasteiger partial charge >= 0.3 is 8.68 Å². The van der Waals surface area contributed by atoms with E-state index in [4.69, 9.17) is 11.6 Å². The Labute approximate surface area is 108 Å². The molecule has 2 rings (SSSR count). The van der Waals surface area contributed by atoms with Gasteiger partial charge < -0.3 is 22.2 Å². The van der Waals surface area contributed by atoms with Gasteiger partial charge in [-0.1, -0.05) is 35.5 Å². The van der Waals surface area contributed by atoms with Crippen LogP contribution in [0.2, 0.25) is 0 Å². The maximum atomic E-state index is 9.75. The molecule has 0 spiro atoms. The average Bonchev–Trinajstić information content (AvgIpc) is 2.50. The molecule has 96 valence electrons. The van der Waals surface area contributed by atoms with E-state index in [9.17, 15) is 17.3 Å². The van der Waals surface area contributed by atoms with Crippen molar-refractivity contribution in [2.75, 3.05) is 11.4 Å². The van der Waals surface area contributed by atoms with Crippen LogP contribution in [0.3, 0.4) is 0 Å². The molecule has 0 bridgehead atoms. The van der Waals surface area contributed by atoms with Crippen LogP contribution in [0.1, 0.15) is 8.35 Å². The molecule has 1 aliphatic rings. The lowest BCUT2D eigenvalue weighted by atomic mass is 10.3. The summed E-state index contributed by atoms with van der Waals surface area (Å²) in [6, 6.07) is 8.34. The molecule has 1 unspecified atom stereocenters. The number of benzene rings is 1. The molecule has 0 saturated heterocycles. The van der Waals surface area contributed by atoms with Gasteiger partial charge in [0, 0.05) is 11.4 Å². The molecule has 1 aromatic carbocycles. The van der Waals surface area contributed by atoms with Crippen molar-refractivity contribution in [2.45, 2.75) is 16.7 Å². The summed E-state index contributed by atoms with van der Waals surface area (Å²) < 4.78 is 39.0. The van der Waals surface area contributed by atoms with E-state index in [1.807, 2.05) is 0 Å². The molecule has 0 radical (unpaired) electrons. The van der Waals surface area contributed by atoms with Crippen molar-refractivity contribution in [3.63, 3.8) is 0 Å². The highest BCUT2D eigenvalue weighted by Gasteiger charge is 2.26. The number of halogens is 5. The molecule has 0 aromatic heterocycles. The lowest BCUT2D eigenvalue weighted by Crippen LogP contribution is -2.24. The monoisotopic (exact) mass is 287 g/mol. The van der Waals surface area contributed by atoms with Crippen LogP contribution in [0.4, 0.5) is 23.0 Å². The predicted molar refractivity (Wildman–Crippen MR) is 66.3 cm³/mol. The van der Waals surface area contributed by atoms with Gasteiger partial charge in [0.1, 0.15) is 0 Å². The zero-order valence-electron chi connectivity index (χ0n) is 9.92. The standard InChI is InChI=1S/C9H10ClNS.BF4/c1-2-11-7-5-3-4-6-8(7)12-9(11)10;2-1(3,4)5/h3-6,9H,2H2,1H3;/q;-1/p+1. The first-order valence-electron chi connectivity index (χ1n) is 4.86. The molecule has 0 amide bonds. The Kier molecular flexibility index (Phi) is 5.00. The van der Waals surface area contributed by atoms with Crippen molar-refractivity contribution < 1.29 is 18.7 Å². The third-order valence-corrected chi connectivity index (χ3v) is 3.54. The highest BCUT2D eigenvalue weighted by Crippen LogP contribution is 2.44. The molecule has 8 heteroatoms. The van der Waals surface area contributed by atoms with Gasteiger partial charge in [-0.3, -0.25) is 0 Å². The van der Waals surface area contributed by atoms with Gasteiger partial charge in [0.05, 0.1) is 5.69 Å². The molecule has 1 aromatic rings. The molecule has 1 aliphatic heterocycles. The lowest BCUT2D eigenvalue weighted by molar-refractivity contribution is 0.368. The SMILES string of the molecule is CCN1c2ccccc2SC1Cl.F[B-](F)(F)F.[H+]. The number of para-hydroxylation sites is 1. The largest absolute Gasteiger partial charge is 1.00 e. The molecule has 1 heterocycles. The summed E-state index contributed by atoms with van der Waals surface area (Å²) in [7, 11) is -6.00. The average molecular weight is 288 g/mol. The Morgan fingerprint density at radius 3 is 2.41 bits per heavy atom. The molecular formula is C9H11BClF4NS. The molecule has 17 heavy (non-hydrogen) atoms. The van der Waals surface area contributed by atoms with E-state index in [2.05, 4.69) is 36.1 Å². The predicted octanol–water partition coefficient (Wildman–Crippen LogP) is 4.55. The Balaban J connectivity index is 0.000000421. The first-order chi connectivity index (χ1) is 7.83. The number of fused-ring (bicyclic) bond motifs is 1. The van der Waals surface area contributed by atoms with Crippen molar-refractivity contribution >= 4 is 36.3 Å². The Hall–Kier alpha value is -0.555. The van der Waals surface area contributed by atoms with E-state index in [-0.39, 0.29) is 6.26 Å². The molecule has 0 fully saturated rings. The lowest BCUT2D eigenvalue weighted by Gasteiger charge is -2.19. The van der Waals surface area contributed by atoms with E-state index in [0.717, 1.165) is 6.54 Å². The van der Waals surface area contributed by atoms with Crippen molar-refractivity contribution in [1.82, 2.24) is 0 Å². The molecule has 0 N–H and O–H groups in total. The summed E-state index contributed by atoms with van der Waals surface area (Å²) in [5, 5.41) is 0. The minimum absolute atomic E-state index is 0. The molecule has 0 aliphatic carbocycles. The number of nitrogens with zero attached hydrogens (tertiary/aromatic N) is 1. The van der Waals surface area contributed by atoms with Crippen LogP contribution in [0.15, 0.2) is 29.2 Å². The summed E-state index contributed by atoms with van der Waals surface area (Å²) in [6.07, 6.45) is 0. The second-order valence-electron chi connectivity index (χ2n) is 3.16. The van der Waals surface area contributed by atoms with Gasteiger partial charge in [0.15, 0.2) is 4.83 Å². The van der Waals surface area contributed by atoms with Gasteiger partial charge in [-0.05, 0) is 19.1 Å². The van der Waals surface area contributed by atoms with Crippen LogP contribution in [-0.2, 0) is 0 Å². The maximum Gasteiger partial charge on any atom is 1.00 e. The zero-order valence-corrected chi connectivity index (χ0v) is 10.5. The third-order valence-electron chi connectivity index (χ3n) is 1.98. The van der Waals surface area contributed by atoms with Crippen LogP contribution in [-0.4, -0.2) is 18.6 Å². The number of rotatable bonds is 1. The minimum Gasteiger partial charge on any atom is -0.418 e. The summed E-state index contributed by atoms with van der Waals surface area (Å²) in [5.74, 6) is 0. The second kappa shape index (κ2) is 5.86. The van der Waals surface area contributed by atoms with Crippen LogP contribution in [0.5, 0.6) is 0 Å². The van der Waals surface area contributed by atoms with E-state index < -0.39 is 7.25 Å². The van der Waals surface area contributed by atoms with E-state index in [0.29, 0.717) is 0 Å². The van der Waals surface area contributed by atoms with Crippen molar-refractivity contribution in [2.24, 2.45) is 0 Å². The van der Waals surface area contributed by atoms with Crippen LogP contribution >= 0.6 is 23.4 Å². The van der Waals surface area contributed by atoms with Gasteiger partial charge in [-0.15, -0.1) is 0 Å². The summed E-state index contributed by atoms with van der Waals surface area (Å²) in [5.41, 5.74) is 1.27. The highest BCUT2D eigenvalue weighted by atomic mass is 35.5. The van der Waals surface area contributed by atoms with Crippen LogP contribution < -0.4 is 4.90 Å². The Morgan fingerprint density at radius 2 is 1.88 bits per heavy atom. The number of alkyl halides is 1. The first kappa shape index (κ1) is 14.5. The molecule has 1 atom stereocenters. The summed E-state index contributed by atoms with van der Waals surface area (Å²) >= 11 is 7.85. The normalized spacial score (nSPS) is 18.5. The number of anilines is 1. The van der Waals surface area contributed by atoms with E-state index in [1.165, 1.54) is 10.6 Å². The Bertz CT molecular complexity index is 376. The van der Waals surface area contributed by atoms with Gasteiger partial charge in [-0.2, -0.15) is 0 Å². The molecule has 1 nitrogen and oxygen atoms in total. The number of hydrogen-bond acceptors (Lipinski definition) is 2. The minimum atomic E-state index is -6.00. The quantitative estimate of drug-likeness (QED) is 0.322. The topological polar surface area (TPSA) is 3.24 Å². The second-order valence-corrected chi connectivity index (χ2v) is 4.95. The van der Waals surface area contributed by atoms with Crippen LogP contribution in [0, 0.1) is 0 Å². The summed E-state index contributed by atoms with van der Waals surface area (Å²) in [4.78, 5) is 3.56. The fourth-order valence-electron chi connectivity index (χ4n) is 1.39. The highest BCUT2D eigenvalue weighted by molar-refractivity contribution is 8.01. The Morgan fingerprint density at radius 1 is 1.35 bits per heavy atom. The fraction of sp³-hybridized carbons (Fsp3) is 0.333. The molecular weight excluding hydrogens is 276 g/mol. The van der Waals surface area contributed by atoms with Crippen molar-refractivity contribution in [3.8, 4) is 0 Å². The van der Waals surface area contributed by atoms with E-state index in [1.54, 1.807) is 11.8 Å². The summed E-state index contributed by atoms with van der Waals surface area (Å²) in [6.45, 7) is 3.09. The number of thioether (sulfide) groups is 1. The maximum absolute atomic E-state index is 9.75. The zero-order chi connectivity index (χ0) is 13.1. The third kappa shape index (κ3) is 4.67. The molecule has 0 saturated carbocycles. The van der Waals surface area contributed by atoms with Gasteiger partial charge in [0.2, 0.25) is 0 Å². The van der Waals surface area contributed by atoms with Crippen molar-refractivity contribution in [3.05, 3.63) is 24.3 Å². The fourth-order valence-corrected chi connectivity index (χ4v) is 2.98.